The standard InChI is InChI=1S/C12H8N2O4S2/c1-7(15)13-11(16)10(20-12(13)19)6-8-3-2-4-9(5-8)14(17)18/h2-6H,1H3/b10-6+. The maximum Gasteiger partial charge on any atom is 0.273 e. The Hall–Kier alpha value is -2.06. The lowest BCUT2D eigenvalue weighted by atomic mass is 10.2. The minimum atomic E-state index is -0.516. The van der Waals surface area contributed by atoms with Gasteiger partial charge in [0.1, 0.15) is 0 Å². The number of nitro groups is 1. The monoisotopic (exact) mass is 308 g/mol. The van der Waals surface area contributed by atoms with Gasteiger partial charge in [0.15, 0.2) is 4.32 Å². The summed E-state index contributed by atoms with van der Waals surface area (Å²) in [5.41, 5.74) is 0.434. The summed E-state index contributed by atoms with van der Waals surface area (Å²) in [5, 5.41) is 10.7. The molecule has 0 bridgehead atoms. The largest absolute Gasteiger partial charge is 0.274 e. The van der Waals surface area contributed by atoms with Crippen molar-refractivity contribution < 1.29 is 14.5 Å². The minimum absolute atomic E-state index is 0.0687. The van der Waals surface area contributed by atoms with E-state index in [2.05, 4.69) is 0 Å². The number of rotatable bonds is 2. The molecule has 1 saturated heterocycles. The molecule has 0 aliphatic carbocycles. The first-order valence-corrected chi connectivity index (χ1v) is 6.65. The zero-order valence-electron chi connectivity index (χ0n) is 10.2. The summed E-state index contributed by atoms with van der Waals surface area (Å²) in [4.78, 5) is 34.6. The number of non-ortho nitro benzene ring substituents is 1. The molecule has 0 saturated carbocycles. The summed E-state index contributed by atoms with van der Waals surface area (Å²) in [6, 6.07) is 5.86. The fourth-order valence-corrected chi connectivity index (χ4v) is 2.96. The van der Waals surface area contributed by atoms with Gasteiger partial charge < -0.3 is 0 Å². The number of nitrogens with zero attached hydrogens (tertiary/aromatic N) is 2. The van der Waals surface area contributed by atoms with E-state index in [0.717, 1.165) is 16.7 Å². The van der Waals surface area contributed by atoms with Gasteiger partial charge >= 0.3 is 0 Å². The molecule has 0 atom stereocenters. The van der Waals surface area contributed by atoms with Gasteiger partial charge in [0.05, 0.1) is 9.83 Å². The van der Waals surface area contributed by atoms with E-state index in [4.69, 9.17) is 12.2 Å². The molecule has 0 spiro atoms. The second kappa shape index (κ2) is 5.51. The highest BCUT2D eigenvalue weighted by Gasteiger charge is 2.34. The lowest BCUT2D eigenvalue weighted by molar-refractivity contribution is -0.384. The highest BCUT2D eigenvalue weighted by Crippen LogP contribution is 2.32. The molecule has 0 radical (unpaired) electrons. The van der Waals surface area contributed by atoms with Crippen molar-refractivity contribution in [2.24, 2.45) is 0 Å². The lowest BCUT2D eigenvalue weighted by Gasteiger charge is -2.07. The number of carbonyl (C=O) groups excluding carboxylic acids is 2. The second-order valence-electron chi connectivity index (χ2n) is 3.89. The number of thioether (sulfide) groups is 1. The molecule has 1 heterocycles. The average molecular weight is 308 g/mol. The van der Waals surface area contributed by atoms with E-state index in [1.54, 1.807) is 6.07 Å². The molecule has 1 aliphatic heterocycles. The van der Waals surface area contributed by atoms with Gasteiger partial charge in [-0.2, -0.15) is 0 Å². The van der Waals surface area contributed by atoms with Crippen molar-refractivity contribution in [2.75, 3.05) is 0 Å². The number of carbonyl (C=O) groups is 2. The molecule has 2 rings (SSSR count). The summed E-state index contributed by atoms with van der Waals surface area (Å²) >= 11 is 5.95. The number of imide groups is 1. The van der Waals surface area contributed by atoms with Crippen LogP contribution in [0, 0.1) is 10.1 Å². The van der Waals surface area contributed by atoms with Crippen LogP contribution in [0.5, 0.6) is 0 Å². The maximum atomic E-state index is 12.0. The summed E-state index contributed by atoms with van der Waals surface area (Å²) in [5.74, 6) is -0.950. The van der Waals surface area contributed by atoms with Crippen LogP contribution >= 0.6 is 24.0 Å². The molecule has 2 amide bonds. The van der Waals surface area contributed by atoms with Crippen molar-refractivity contribution in [1.82, 2.24) is 4.90 Å². The maximum absolute atomic E-state index is 12.0. The first-order chi connectivity index (χ1) is 9.40. The quantitative estimate of drug-likeness (QED) is 0.361. The Kier molecular flexibility index (Phi) is 3.96. The van der Waals surface area contributed by atoms with E-state index in [0.29, 0.717) is 5.56 Å². The van der Waals surface area contributed by atoms with Gasteiger partial charge in [-0.15, -0.1) is 0 Å². The van der Waals surface area contributed by atoms with E-state index < -0.39 is 16.7 Å². The molecule has 1 aliphatic rings. The van der Waals surface area contributed by atoms with Gasteiger partial charge in [0, 0.05) is 19.1 Å². The highest BCUT2D eigenvalue weighted by atomic mass is 32.2. The van der Waals surface area contributed by atoms with Crippen LogP contribution in [0.3, 0.4) is 0 Å². The number of hydrogen-bond acceptors (Lipinski definition) is 6. The number of nitro benzene ring substituents is 1. The van der Waals surface area contributed by atoms with Crippen molar-refractivity contribution in [3.63, 3.8) is 0 Å². The van der Waals surface area contributed by atoms with Crippen LogP contribution in [0.15, 0.2) is 29.2 Å². The molecule has 8 heteroatoms. The minimum Gasteiger partial charge on any atom is -0.274 e. The van der Waals surface area contributed by atoms with E-state index >= 15 is 0 Å². The lowest BCUT2D eigenvalue weighted by Crippen LogP contribution is -2.32. The SMILES string of the molecule is CC(=O)N1C(=O)/C(=C\c2cccc([N+](=O)[O-])c2)SC1=S. The third-order valence-corrected chi connectivity index (χ3v) is 3.79. The van der Waals surface area contributed by atoms with Crippen LogP contribution in [0.2, 0.25) is 0 Å². The summed E-state index contributed by atoms with van der Waals surface area (Å²) in [7, 11) is 0. The Balaban J connectivity index is 2.35. The van der Waals surface area contributed by atoms with Crippen LogP contribution in [-0.4, -0.2) is 26.0 Å². The first-order valence-electron chi connectivity index (χ1n) is 5.43. The number of amides is 2. The molecule has 1 fully saturated rings. The van der Waals surface area contributed by atoms with Gasteiger partial charge in [0.25, 0.3) is 11.6 Å². The van der Waals surface area contributed by atoms with E-state index in [-0.39, 0.29) is 14.9 Å². The number of hydrogen-bond donors (Lipinski definition) is 0. The van der Waals surface area contributed by atoms with Crippen LogP contribution < -0.4 is 0 Å². The van der Waals surface area contributed by atoms with E-state index in [1.807, 2.05) is 0 Å². The van der Waals surface area contributed by atoms with Crippen LogP contribution in [0.25, 0.3) is 6.08 Å². The van der Waals surface area contributed by atoms with Crippen LogP contribution in [0.4, 0.5) is 5.69 Å². The summed E-state index contributed by atoms with van der Waals surface area (Å²) in [6.07, 6.45) is 1.48. The van der Waals surface area contributed by atoms with Crippen LogP contribution in [-0.2, 0) is 9.59 Å². The smallest absolute Gasteiger partial charge is 0.273 e. The third-order valence-electron chi connectivity index (χ3n) is 2.49. The van der Waals surface area contributed by atoms with Gasteiger partial charge in [0.2, 0.25) is 5.91 Å². The predicted molar refractivity (Wildman–Crippen MR) is 78.8 cm³/mol. The molecule has 1 aromatic rings. The van der Waals surface area contributed by atoms with E-state index in [9.17, 15) is 19.7 Å². The fraction of sp³-hybridized carbons (Fsp3) is 0.0833. The highest BCUT2D eigenvalue weighted by molar-refractivity contribution is 8.26. The molecular formula is C12H8N2O4S2. The topological polar surface area (TPSA) is 80.5 Å². The van der Waals surface area contributed by atoms with Gasteiger partial charge in [-0.25, -0.2) is 4.90 Å². The third kappa shape index (κ3) is 2.75. The molecule has 20 heavy (non-hydrogen) atoms. The summed E-state index contributed by atoms with van der Waals surface area (Å²) < 4.78 is 0.166. The summed E-state index contributed by atoms with van der Waals surface area (Å²) in [6.45, 7) is 1.25. The first kappa shape index (κ1) is 14.4. The zero-order chi connectivity index (χ0) is 14.9. The predicted octanol–water partition coefficient (Wildman–Crippen LogP) is 2.34. The second-order valence-corrected chi connectivity index (χ2v) is 5.56. The van der Waals surface area contributed by atoms with Crippen molar-refractivity contribution >= 4 is 51.9 Å². The van der Waals surface area contributed by atoms with Crippen molar-refractivity contribution in [1.29, 1.82) is 0 Å². The van der Waals surface area contributed by atoms with Gasteiger partial charge in [-0.1, -0.05) is 36.1 Å². The molecule has 1 aromatic carbocycles. The van der Waals surface area contributed by atoms with Crippen molar-refractivity contribution in [3.05, 3.63) is 44.8 Å². The molecule has 6 nitrogen and oxygen atoms in total. The van der Waals surface area contributed by atoms with Gasteiger partial charge in [-0.3, -0.25) is 19.7 Å². The Bertz CT molecular complexity index is 669. The average Bonchev–Trinajstić information content (AvgIpc) is 2.64. The van der Waals surface area contributed by atoms with E-state index in [1.165, 1.54) is 31.2 Å². The molecule has 102 valence electrons. The Labute approximate surface area is 123 Å². The van der Waals surface area contributed by atoms with Crippen LogP contribution in [0.1, 0.15) is 12.5 Å². The molecule has 0 N–H and O–H groups in total. The normalized spacial score (nSPS) is 16.9. The number of thiocarbonyl (C=S) groups is 1. The zero-order valence-corrected chi connectivity index (χ0v) is 11.9. The van der Waals surface area contributed by atoms with Crippen molar-refractivity contribution in [2.45, 2.75) is 6.92 Å². The fourth-order valence-electron chi connectivity index (χ4n) is 1.62. The molecule has 0 unspecified atom stereocenters. The van der Waals surface area contributed by atoms with Crippen molar-refractivity contribution in [3.8, 4) is 0 Å². The van der Waals surface area contributed by atoms with Gasteiger partial charge in [-0.05, 0) is 11.6 Å². The Morgan fingerprint density at radius 2 is 2.20 bits per heavy atom. The molecule has 0 aromatic heterocycles. The Morgan fingerprint density at radius 3 is 2.75 bits per heavy atom. The number of benzene rings is 1. The Morgan fingerprint density at radius 1 is 1.50 bits per heavy atom. The molecular weight excluding hydrogens is 300 g/mol.